The molecular formula is C25H28N2O6. The number of anilines is 1. The number of nitrogens with zero attached hydrogens (tertiary/aromatic N) is 2. The van der Waals surface area contributed by atoms with Crippen molar-refractivity contribution < 1.29 is 28.6 Å². The summed E-state index contributed by atoms with van der Waals surface area (Å²) in [5.74, 6) is 0.450. The zero-order chi connectivity index (χ0) is 23.5. The summed E-state index contributed by atoms with van der Waals surface area (Å²) in [6, 6.07) is 8.93. The fourth-order valence-corrected chi connectivity index (χ4v) is 4.21. The molecule has 33 heavy (non-hydrogen) atoms. The average Bonchev–Trinajstić information content (AvgIpc) is 2.80. The lowest BCUT2D eigenvalue weighted by atomic mass is 10.1. The number of carbonyl (C=O) groups excluding carboxylic acids is 3. The standard InChI is InChI=1S/C25H28N2O6/c1-16-10-17(2)25(18(3)11-16)33-14-21(28)19-4-5-22-20(12-19)27(24(30)15-32-22)13-23(29)26-6-8-31-9-7-26/h4-5,10-12H,6-9,13-15H2,1-3H3. The van der Waals surface area contributed by atoms with Gasteiger partial charge in [-0.2, -0.15) is 0 Å². The third-order valence-electron chi connectivity index (χ3n) is 5.83. The number of Topliss-reactive ketones (excluding diaryl/α,β-unsaturated/α-hetero) is 1. The van der Waals surface area contributed by atoms with Crippen molar-refractivity contribution in [3.8, 4) is 11.5 Å². The number of morpholine rings is 1. The van der Waals surface area contributed by atoms with Crippen LogP contribution in [0.25, 0.3) is 0 Å². The van der Waals surface area contributed by atoms with Crippen molar-refractivity contribution in [2.45, 2.75) is 20.8 Å². The first-order valence-corrected chi connectivity index (χ1v) is 11.0. The monoisotopic (exact) mass is 452 g/mol. The maximum atomic E-state index is 12.9. The van der Waals surface area contributed by atoms with Crippen LogP contribution in [0, 0.1) is 20.8 Å². The molecule has 1 saturated heterocycles. The molecule has 0 saturated carbocycles. The molecule has 0 atom stereocenters. The predicted molar refractivity (Wildman–Crippen MR) is 122 cm³/mol. The normalized spacial score (nSPS) is 15.7. The number of ether oxygens (including phenoxy) is 3. The number of benzene rings is 2. The fraction of sp³-hybridized carbons (Fsp3) is 0.400. The van der Waals surface area contributed by atoms with E-state index in [-0.39, 0.29) is 37.4 Å². The van der Waals surface area contributed by atoms with Gasteiger partial charge in [0.15, 0.2) is 19.0 Å². The van der Waals surface area contributed by atoms with Gasteiger partial charge in [0.25, 0.3) is 5.91 Å². The molecule has 0 aromatic heterocycles. The molecule has 0 unspecified atom stereocenters. The van der Waals surface area contributed by atoms with Crippen LogP contribution in [0.2, 0.25) is 0 Å². The molecule has 2 amide bonds. The van der Waals surface area contributed by atoms with Gasteiger partial charge in [0.2, 0.25) is 5.91 Å². The Morgan fingerprint density at radius 1 is 1.03 bits per heavy atom. The van der Waals surface area contributed by atoms with Gasteiger partial charge in [0.1, 0.15) is 18.0 Å². The van der Waals surface area contributed by atoms with E-state index in [1.54, 1.807) is 23.1 Å². The molecule has 0 aliphatic carbocycles. The molecule has 1 fully saturated rings. The number of ketones is 1. The van der Waals surface area contributed by atoms with E-state index in [1.165, 1.54) is 4.90 Å². The Hall–Kier alpha value is -3.39. The second-order valence-electron chi connectivity index (χ2n) is 8.38. The van der Waals surface area contributed by atoms with E-state index >= 15 is 0 Å². The maximum absolute atomic E-state index is 12.9. The third-order valence-corrected chi connectivity index (χ3v) is 5.83. The van der Waals surface area contributed by atoms with Crippen LogP contribution in [0.5, 0.6) is 11.5 Å². The van der Waals surface area contributed by atoms with Crippen molar-refractivity contribution in [3.05, 3.63) is 52.6 Å². The molecule has 2 aromatic carbocycles. The molecule has 2 aromatic rings. The lowest BCUT2D eigenvalue weighted by Crippen LogP contribution is -2.49. The summed E-state index contributed by atoms with van der Waals surface area (Å²) in [4.78, 5) is 41.3. The second kappa shape index (κ2) is 9.62. The first kappa shape index (κ1) is 22.8. The zero-order valence-electron chi connectivity index (χ0n) is 19.2. The van der Waals surface area contributed by atoms with Gasteiger partial charge in [-0.1, -0.05) is 17.7 Å². The highest BCUT2D eigenvalue weighted by Crippen LogP contribution is 2.33. The summed E-state index contributed by atoms with van der Waals surface area (Å²) in [5, 5.41) is 0. The van der Waals surface area contributed by atoms with Gasteiger partial charge in [0, 0.05) is 18.7 Å². The van der Waals surface area contributed by atoms with Gasteiger partial charge in [-0.25, -0.2) is 0 Å². The number of aryl methyl sites for hydroxylation is 3. The minimum Gasteiger partial charge on any atom is -0.485 e. The molecule has 0 radical (unpaired) electrons. The molecule has 2 aliphatic rings. The van der Waals surface area contributed by atoms with Gasteiger partial charge in [-0.05, 0) is 50.1 Å². The molecule has 2 heterocycles. The number of fused-ring (bicyclic) bond motifs is 1. The van der Waals surface area contributed by atoms with Crippen molar-refractivity contribution in [2.75, 3.05) is 51.0 Å². The SMILES string of the molecule is Cc1cc(C)c(OCC(=O)c2ccc3c(c2)N(CC(=O)N2CCOCC2)C(=O)CO3)c(C)c1. The van der Waals surface area contributed by atoms with E-state index in [2.05, 4.69) is 0 Å². The second-order valence-corrected chi connectivity index (χ2v) is 8.38. The summed E-state index contributed by atoms with van der Waals surface area (Å²) in [6.45, 7) is 7.49. The van der Waals surface area contributed by atoms with Crippen LogP contribution in [0.1, 0.15) is 27.0 Å². The van der Waals surface area contributed by atoms with Crippen molar-refractivity contribution in [1.29, 1.82) is 0 Å². The lowest BCUT2D eigenvalue weighted by molar-refractivity contribution is -0.135. The summed E-state index contributed by atoms with van der Waals surface area (Å²) >= 11 is 0. The first-order valence-electron chi connectivity index (χ1n) is 11.0. The van der Waals surface area contributed by atoms with Crippen molar-refractivity contribution in [1.82, 2.24) is 4.90 Å². The predicted octanol–water partition coefficient (Wildman–Crippen LogP) is 2.46. The molecule has 174 valence electrons. The molecular weight excluding hydrogens is 424 g/mol. The highest BCUT2D eigenvalue weighted by atomic mass is 16.5. The third kappa shape index (κ3) is 5.01. The largest absolute Gasteiger partial charge is 0.485 e. The highest BCUT2D eigenvalue weighted by molar-refractivity contribution is 6.04. The van der Waals surface area contributed by atoms with Crippen molar-refractivity contribution in [2.24, 2.45) is 0 Å². The van der Waals surface area contributed by atoms with Gasteiger partial charge < -0.3 is 19.1 Å². The number of amides is 2. The van der Waals surface area contributed by atoms with E-state index in [0.717, 1.165) is 16.7 Å². The Balaban J connectivity index is 1.50. The van der Waals surface area contributed by atoms with E-state index in [1.807, 2.05) is 32.9 Å². The van der Waals surface area contributed by atoms with Crippen LogP contribution in [-0.4, -0.2) is 68.6 Å². The van der Waals surface area contributed by atoms with Crippen LogP contribution in [-0.2, 0) is 14.3 Å². The highest BCUT2D eigenvalue weighted by Gasteiger charge is 2.30. The quantitative estimate of drug-likeness (QED) is 0.626. The minimum atomic E-state index is -0.323. The molecule has 8 nitrogen and oxygen atoms in total. The Labute approximate surface area is 193 Å². The van der Waals surface area contributed by atoms with Crippen LogP contribution < -0.4 is 14.4 Å². The molecule has 0 N–H and O–H groups in total. The summed E-state index contributed by atoms with van der Waals surface area (Å²) in [5.41, 5.74) is 3.88. The Bertz CT molecular complexity index is 1070. The van der Waals surface area contributed by atoms with E-state index in [4.69, 9.17) is 14.2 Å². The lowest BCUT2D eigenvalue weighted by Gasteiger charge is -2.32. The summed E-state index contributed by atoms with van der Waals surface area (Å²) < 4.78 is 16.7. The van der Waals surface area contributed by atoms with Gasteiger partial charge in [0.05, 0.1) is 18.9 Å². The summed E-state index contributed by atoms with van der Waals surface area (Å²) in [7, 11) is 0. The minimum absolute atomic E-state index is 0.106. The van der Waals surface area contributed by atoms with Crippen molar-refractivity contribution >= 4 is 23.3 Å². The Kier molecular flexibility index (Phi) is 6.65. The number of rotatable bonds is 6. The zero-order valence-corrected chi connectivity index (χ0v) is 19.2. The molecule has 2 aliphatic heterocycles. The van der Waals surface area contributed by atoms with Crippen LogP contribution in [0.3, 0.4) is 0 Å². The molecule has 0 spiro atoms. The van der Waals surface area contributed by atoms with Crippen LogP contribution >= 0.6 is 0 Å². The molecule has 4 rings (SSSR count). The number of carbonyl (C=O) groups is 3. The van der Waals surface area contributed by atoms with Crippen molar-refractivity contribution in [3.63, 3.8) is 0 Å². The van der Waals surface area contributed by atoms with Crippen LogP contribution in [0.15, 0.2) is 30.3 Å². The fourth-order valence-electron chi connectivity index (χ4n) is 4.21. The van der Waals surface area contributed by atoms with Gasteiger partial charge >= 0.3 is 0 Å². The van der Waals surface area contributed by atoms with E-state index in [0.29, 0.717) is 49.1 Å². The first-order chi connectivity index (χ1) is 15.8. The smallest absolute Gasteiger partial charge is 0.265 e. The summed E-state index contributed by atoms with van der Waals surface area (Å²) in [6.07, 6.45) is 0. The Morgan fingerprint density at radius 2 is 1.73 bits per heavy atom. The molecule has 0 bridgehead atoms. The van der Waals surface area contributed by atoms with E-state index in [9.17, 15) is 14.4 Å². The molecule has 8 heteroatoms. The Morgan fingerprint density at radius 3 is 2.42 bits per heavy atom. The number of hydrogen-bond donors (Lipinski definition) is 0. The van der Waals surface area contributed by atoms with Crippen LogP contribution in [0.4, 0.5) is 5.69 Å². The maximum Gasteiger partial charge on any atom is 0.265 e. The van der Waals surface area contributed by atoms with E-state index < -0.39 is 0 Å². The average molecular weight is 453 g/mol. The van der Waals surface area contributed by atoms with Gasteiger partial charge in [-0.3, -0.25) is 19.3 Å². The number of hydrogen-bond acceptors (Lipinski definition) is 6. The topological polar surface area (TPSA) is 85.4 Å². The van der Waals surface area contributed by atoms with Gasteiger partial charge in [-0.15, -0.1) is 0 Å².